The standard InChI is InChI=1S/C18H16N2O2.C2H5NO/c1-12-17(18(20-19-12)13-5-3-2-4-6-13)14-7-8-15-16(11-14)22-10-9-21-15;1-2(3)4/h2-8,11H,9-10H2,1H3,(H,19,20);1H3,(H2,3,4). The molecule has 6 heteroatoms. The zero-order valence-electron chi connectivity index (χ0n) is 14.8. The Morgan fingerprint density at radius 2 is 1.69 bits per heavy atom. The molecule has 4 rings (SSSR count). The number of nitrogens with two attached hydrogens (primary N) is 1. The summed E-state index contributed by atoms with van der Waals surface area (Å²) in [5.41, 5.74) is 9.74. The first-order chi connectivity index (χ1) is 12.6. The summed E-state index contributed by atoms with van der Waals surface area (Å²) in [6.45, 7) is 4.53. The van der Waals surface area contributed by atoms with Crippen molar-refractivity contribution in [2.45, 2.75) is 13.8 Å². The van der Waals surface area contributed by atoms with Gasteiger partial charge in [-0.25, -0.2) is 0 Å². The van der Waals surface area contributed by atoms with Crippen LogP contribution >= 0.6 is 0 Å². The molecule has 0 atom stereocenters. The molecule has 2 aromatic carbocycles. The number of hydrogen-bond donors (Lipinski definition) is 2. The molecule has 3 N–H and O–H groups in total. The van der Waals surface area contributed by atoms with Gasteiger partial charge in [0.25, 0.3) is 0 Å². The molecule has 1 aromatic heterocycles. The van der Waals surface area contributed by atoms with Crippen molar-refractivity contribution in [2.75, 3.05) is 13.2 Å². The Hall–Kier alpha value is -3.28. The van der Waals surface area contributed by atoms with Gasteiger partial charge in [-0.3, -0.25) is 9.89 Å². The molecule has 1 amide bonds. The lowest BCUT2D eigenvalue weighted by molar-refractivity contribution is -0.115. The van der Waals surface area contributed by atoms with Gasteiger partial charge in [-0.15, -0.1) is 0 Å². The predicted molar refractivity (Wildman–Crippen MR) is 100 cm³/mol. The fraction of sp³-hybridized carbons (Fsp3) is 0.200. The smallest absolute Gasteiger partial charge is 0.214 e. The second kappa shape index (κ2) is 7.74. The minimum Gasteiger partial charge on any atom is -0.486 e. The number of fused-ring (bicyclic) bond motifs is 1. The molecule has 134 valence electrons. The topological polar surface area (TPSA) is 90.2 Å². The van der Waals surface area contributed by atoms with Crippen LogP contribution in [0, 0.1) is 6.92 Å². The van der Waals surface area contributed by atoms with Crippen LogP contribution in [-0.4, -0.2) is 29.3 Å². The molecule has 6 nitrogen and oxygen atoms in total. The molecule has 0 saturated heterocycles. The van der Waals surface area contributed by atoms with Crippen molar-refractivity contribution in [1.82, 2.24) is 10.2 Å². The van der Waals surface area contributed by atoms with Gasteiger partial charge in [-0.05, 0) is 24.6 Å². The van der Waals surface area contributed by atoms with E-state index in [1.165, 1.54) is 6.92 Å². The maximum atomic E-state index is 9.22. The maximum absolute atomic E-state index is 9.22. The monoisotopic (exact) mass is 351 g/mol. The van der Waals surface area contributed by atoms with Crippen molar-refractivity contribution in [3.63, 3.8) is 0 Å². The van der Waals surface area contributed by atoms with E-state index in [0.717, 1.165) is 39.6 Å². The molecular formula is C20H21N3O3. The molecule has 1 aliphatic rings. The summed E-state index contributed by atoms with van der Waals surface area (Å²) >= 11 is 0. The van der Waals surface area contributed by atoms with Gasteiger partial charge in [-0.2, -0.15) is 5.10 Å². The van der Waals surface area contributed by atoms with Gasteiger partial charge in [0, 0.05) is 23.7 Å². The van der Waals surface area contributed by atoms with E-state index in [1.54, 1.807) is 0 Å². The van der Waals surface area contributed by atoms with Gasteiger partial charge in [0.05, 0.1) is 0 Å². The molecular weight excluding hydrogens is 330 g/mol. The summed E-state index contributed by atoms with van der Waals surface area (Å²) in [5, 5.41) is 7.57. The van der Waals surface area contributed by atoms with Gasteiger partial charge in [0.1, 0.15) is 18.9 Å². The second-order valence-corrected chi connectivity index (χ2v) is 5.91. The van der Waals surface area contributed by atoms with E-state index in [1.807, 2.05) is 37.3 Å². The Bertz CT molecular complexity index is 900. The highest BCUT2D eigenvalue weighted by atomic mass is 16.6. The van der Waals surface area contributed by atoms with E-state index in [0.29, 0.717) is 13.2 Å². The fourth-order valence-corrected chi connectivity index (χ4v) is 2.79. The van der Waals surface area contributed by atoms with Crippen molar-refractivity contribution in [3.8, 4) is 33.9 Å². The Kier molecular flexibility index (Phi) is 5.22. The van der Waals surface area contributed by atoms with E-state index >= 15 is 0 Å². The molecule has 3 aromatic rings. The Balaban J connectivity index is 0.000000447. The first-order valence-corrected chi connectivity index (χ1v) is 8.32. The van der Waals surface area contributed by atoms with Gasteiger partial charge in [0.2, 0.25) is 5.91 Å². The highest BCUT2D eigenvalue weighted by Gasteiger charge is 2.18. The average molecular weight is 351 g/mol. The second-order valence-electron chi connectivity index (χ2n) is 5.91. The SMILES string of the molecule is CC(N)=O.Cc1[nH]nc(-c2ccccc2)c1-c1ccc2c(c1)OCCO2. The maximum Gasteiger partial charge on any atom is 0.214 e. The van der Waals surface area contributed by atoms with Crippen LogP contribution < -0.4 is 15.2 Å². The largest absolute Gasteiger partial charge is 0.486 e. The number of hydrogen-bond acceptors (Lipinski definition) is 4. The van der Waals surface area contributed by atoms with Crippen molar-refractivity contribution in [2.24, 2.45) is 5.73 Å². The molecule has 0 fully saturated rings. The van der Waals surface area contributed by atoms with Crippen molar-refractivity contribution in [3.05, 3.63) is 54.2 Å². The van der Waals surface area contributed by atoms with Crippen LogP contribution in [0.4, 0.5) is 0 Å². The highest BCUT2D eigenvalue weighted by molar-refractivity contribution is 5.83. The number of rotatable bonds is 2. The number of carbonyl (C=O) groups is 1. The van der Waals surface area contributed by atoms with E-state index in [-0.39, 0.29) is 5.91 Å². The normalized spacial score (nSPS) is 12.1. The molecule has 0 radical (unpaired) electrons. The quantitative estimate of drug-likeness (QED) is 0.741. The summed E-state index contributed by atoms with van der Waals surface area (Å²) < 4.78 is 11.3. The lowest BCUT2D eigenvalue weighted by Gasteiger charge is -2.19. The van der Waals surface area contributed by atoms with E-state index < -0.39 is 0 Å². The minimum atomic E-state index is -0.333. The lowest BCUT2D eigenvalue weighted by atomic mass is 9.99. The molecule has 2 heterocycles. The number of nitrogens with zero attached hydrogens (tertiary/aromatic N) is 1. The third-order valence-corrected chi connectivity index (χ3v) is 3.83. The number of primary amides is 1. The van der Waals surface area contributed by atoms with Gasteiger partial charge in [-0.1, -0.05) is 36.4 Å². The van der Waals surface area contributed by atoms with E-state index in [2.05, 4.69) is 34.1 Å². The number of amides is 1. The summed E-state index contributed by atoms with van der Waals surface area (Å²) in [5.74, 6) is 1.26. The summed E-state index contributed by atoms with van der Waals surface area (Å²) in [7, 11) is 0. The average Bonchev–Trinajstić information content (AvgIpc) is 3.03. The number of ether oxygens (including phenoxy) is 2. The van der Waals surface area contributed by atoms with Gasteiger partial charge < -0.3 is 15.2 Å². The van der Waals surface area contributed by atoms with E-state index in [4.69, 9.17) is 9.47 Å². The fourth-order valence-electron chi connectivity index (χ4n) is 2.79. The highest BCUT2D eigenvalue weighted by Crippen LogP contribution is 2.38. The zero-order valence-corrected chi connectivity index (χ0v) is 14.8. The van der Waals surface area contributed by atoms with Gasteiger partial charge >= 0.3 is 0 Å². The van der Waals surface area contributed by atoms with Crippen LogP contribution in [0.1, 0.15) is 12.6 Å². The number of nitrogens with one attached hydrogen (secondary N) is 1. The van der Waals surface area contributed by atoms with E-state index in [9.17, 15) is 4.79 Å². The molecule has 26 heavy (non-hydrogen) atoms. The first-order valence-electron chi connectivity index (χ1n) is 8.32. The van der Waals surface area contributed by atoms with Crippen molar-refractivity contribution >= 4 is 5.91 Å². The minimum absolute atomic E-state index is 0.333. The Morgan fingerprint density at radius 1 is 1.04 bits per heavy atom. The third kappa shape index (κ3) is 3.85. The predicted octanol–water partition coefficient (Wildman–Crippen LogP) is 3.31. The molecule has 0 bridgehead atoms. The van der Waals surface area contributed by atoms with Crippen molar-refractivity contribution in [1.29, 1.82) is 0 Å². The van der Waals surface area contributed by atoms with Crippen LogP contribution in [-0.2, 0) is 4.79 Å². The summed E-state index contributed by atoms with van der Waals surface area (Å²) in [6, 6.07) is 16.2. The number of benzene rings is 2. The number of carbonyl (C=O) groups excluding carboxylic acids is 1. The molecule has 1 aliphatic heterocycles. The molecule has 0 spiro atoms. The molecule has 0 aliphatic carbocycles. The van der Waals surface area contributed by atoms with Crippen LogP contribution in [0.5, 0.6) is 11.5 Å². The summed E-state index contributed by atoms with van der Waals surface area (Å²) in [6.07, 6.45) is 0. The van der Waals surface area contributed by atoms with Crippen molar-refractivity contribution < 1.29 is 14.3 Å². The first kappa shape index (κ1) is 17.5. The Morgan fingerprint density at radius 3 is 2.38 bits per heavy atom. The Labute approximate surface area is 151 Å². The number of H-pyrrole nitrogens is 1. The number of aromatic nitrogens is 2. The van der Waals surface area contributed by atoms with Crippen LogP contribution in [0.3, 0.4) is 0 Å². The molecule has 0 unspecified atom stereocenters. The zero-order chi connectivity index (χ0) is 18.5. The van der Waals surface area contributed by atoms with Crippen LogP contribution in [0.25, 0.3) is 22.4 Å². The lowest BCUT2D eigenvalue weighted by Crippen LogP contribution is -2.15. The van der Waals surface area contributed by atoms with Crippen LogP contribution in [0.15, 0.2) is 48.5 Å². The summed E-state index contributed by atoms with van der Waals surface area (Å²) in [4.78, 5) is 9.22. The number of aryl methyl sites for hydroxylation is 1. The number of aromatic amines is 1. The third-order valence-electron chi connectivity index (χ3n) is 3.83. The van der Waals surface area contributed by atoms with Gasteiger partial charge in [0.15, 0.2) is 11.5 Å². The van der Waals surface area contributed by atoms with Crippen LogP contribution in [0.2, 0.25) is 0 Å². The molecule has 0 saturated carbocycles.